The smallest absolute Gasteiger partial charge is 0.143 e. The molecule has 2 aliphatic heterocycles. The number of aromatic nitrogens is 16. The second-order valence-corrected chi connectivity index (χ2v) is 36.8. The Hall–Kier alpha value is -13.6. The lowest BCUT2D eigenvalue weighted by molar-refractivity contribution is 0.147. The summed E-state index contributed by atoms with van der Waals surface area (Å²) < 4.78 is 45.8. The summed E-state index contributed by atoms with van der Waals surface area (Å²) in [7, 11) is 15.5. The van der Waals surface area contributed by atoms with Crippen LogP contribution < -0.4 is 63.4 Å². The van der Waals surface area contributed by atoms with Gasteiger partial charge in [-0.1, -0.05) is 51.9 Å². The fraction of sp³-hybridized carbons (Fsp3) is 0.370. The van der Waals surface area contributed by atoms with Crippen LogP contribution in [0.1, 0.15) is 101 Å². The lowest BCUT2D eigenvalue weighted by Crippen LogP contribution is -2.61. The number of aliphatic hydroxyl groups is 3. The predicted molar refractivity (Wildman–Crippen MR) is 582 cm³/mol. The highest BCUT2D eigenvalue weighted by atomic mass is 35.5. The molecule has 16 aromatic rings. The molecule has 8 aromatic carbocycles. The summed E-state index contributed by atoms with van der Waals surface area (Å²) in [5.41, 5.74) is 20.9. The SMILES string of the molecule is C.C.CCCN(c1cc(OC)cc(OCCO)c1)c1ccc2ncc(-c3cnn(CCO)c3)nc2c1.CCCN(c1ccc2ncc(-c3cnn(C)c3)nc2c1)c1cc(OC)ccc1Cl.COc1cc(OC)c(Cl)c(N(CCCN2CCC[C@H]2CO)c2ccc3ncc(-c4cnn(C)c4)nc3c2)c1.COc1cc(OC)cc(N(CCNC2CC(C)(C)NC(C)(C)C2)c2ccc3ncc(-c4cnn(C)c4)nc3c2)c1.S. The van der Waals surface area contributed by atoms with Crippen molar-refractivity contribution < 1.29 is 48.5 Å². The van der Waals surface area contributed by atoms with Crippen LogP contribution in [0.25, 0.3) is 89.2 Å². The summed E-state index contributed by atoms with van der Waals surface area (Å²) in [6.07, 6.45) is 28.9. The van der Waals surface area contributed by atoms with Crippen molar-refractivity contribution in [2.24, 2.45) is 21.1 Å². The molecule has 2 aliphatic rings. The number of piperidine rings is 1. The third-order valence-electron chi connectivity index (χ3n) is 24.6. The first-order valence-electron chi connectivity index (χ1n) is 47.3. The van der Waals surface area contributed by atoms with Gasteiger partial charge in [0.15, 0.2) is 0 Å². The van der Waals surface area contributed by atoms with E-state index in [4.69, 9.17) is 86.5 Å². The van der Waals surface area contributed by atoms with E-state index in [0.717, 1.165) is 236 Å². The number of hydrogen-bond donors (Lipinski definition) is 5. The van der Waals surface area contributed by atoms with Crippen molar-refractivity contribution >= 4 is 126 Å². The lowest BCUT2D eigenvalue weighted by atomic mass is 9.79. The van der Waals surface area contributed by atoms with Crippen LogP contribution in [0.2, 0.25) is 10.0 Å². The van der Waals surface area contributed by atoms with Crippen LogP contribution in [0.15, 0.2) is 214 Å². The molecule has 762 valence electrons. The average Bonchev–Trinajstić information content (AvgIpc) is 1.06. The maximum Gasteiger partial charge on any atom is 0.143 e. The van der Waals surface area contributed by atoms with Gasteiger partial charge in [0.1, 0.15) is 51.9 Å². The van der Waals surface area contributed by atoms with Crippen molar-refractivity contribution in [2.75, 3.05) is 134 Å². The topological polar surface area (TPSA) is 340 Å². The zero-order valence-corrected chi connectivity index (χ0v) is 85.7. The van der Waals surface area contributed by atoms with Crippen molar-refractivity contribution in [1.29, 1.82) is 0 Å². The lowest BCUT2D eigenvalue weighted by Gasteiger charge is -2.47. The molecule has 18 rings (SSSR count). The van der Waals surface area contributed by atoms with Crippen LogP contribution in [-0.4, -0.2) is 237 Å². The number of halogens is 2. The number of benzene rings is 8. The highest BCUT2D eigenvalue weighted by Gasteiger charge is 2.38. The van der Waals surface area contributed by atoms with Gasteiger partial charge in [-0.05, 0) is 164 Å². The first kappa shape index (κ1) is 109. The number of nitrogens with zero attached hydrogens (tertiary/aromatic N) is 21. The molecule has 36 heteroatoms. The number of ether oxygens (including phenoxy) is 7. The fourth-order valence-corrected chi connectivity index (χ4v) is 18.7. The van der Waals surface area contributed by atoms with Crippen LogP contribution in [0.4, 0.5) is 45.5 Å². The van der Waals surface area contributed by atoms with Gasteiger partial charge in [0.25, 0.3) is 0 Å². The molecule has 0 amide bonds. The molecule has 0 aliphatic carbocycles. The Balaban J connectivity index is 0.000000171. The number of nitrogens with one attached hydrogen (secondary N) is 2. The molecule has 2 fully saturated rings. The minimum absolute atomic E-state index is 0. The number of aryl methyl sites for hydroxylation is 3. The summed E-state index contributed by atoms with van der Waals surface area (Å²) in [4.78, 5) is 49.1. The third kappa shape index (κ3) is 27.3. The van der Waals surface area contributed by atoms with Gasteiger partial charge in [-0.25, -0.2) is 19.9 Å². The van der Waals surface area contributed by atoms with E-state index in [1.165, 1.54) is 0 Å². The van der Waals surface area contributed by atoms with Crippen molar-refractivity contribution in [3.05, 3.63) is 224 Å². The average molecular weight is 2020 g/mol. The van der Waals surface area contributed by atoms with Gasteiger partial charge in [0, 0.05) is 219 Å². The standard InChI is InChI=1S/C31H41N7O2.C28H33ClN6O3.C25H29N5O4.C22H22ClN5O.2CH4.H2S/c1-30(2)16-22(17-31(3,4)36-30)32-10-11-38(24-12-25(39-6)15-26(13-24)40-7)23-8-9-27-28(14-23)35-29(19-33-27)21-18-34-37(5)20-21;1-33-17-19(15-31-33)25-16-30-23-8-7-20(12-24(23)32-25)35(11-5-10-34-9-4-6-21(34)18-36)26-13-22(37-2)14-27(38-3)28(26)29;1-3-6-30(20-11-21(33-2)14-22(12-20)34-10-9-32)19-4-5-23-24(13-19)28-25(16-26-23)18-15-27-29(17-18)7-8-31;1-4-9-28(22-11-17(29-3)6-7-18(22)23)16-5-8-19-20(10-16)26-21(13-24-19)15-12-25-27(2)14-15;;;/h8-9,12-15,18-20,22,32,36H,10-11,16-17H2,1-7H3;7-8,12-17,21,36H,4-6,9-11,18H2,1-3H3;4-5,11-17,31-32H,3,6-10H2,1-2H3;5-8,10-14H,4,9H2,1-3H3;2*1H4;1H2/t;21-;;;;;/m.0...../s1. The van der Waals surface area contributed by atoms with E-state index in [1.807, 2.05) is 167 Å². The molecule has 10 heterocycles. The molecular formula is C108H135Cl2N23O10S. The molecule has 144 heavy (non-hydrogen) atoms. The molecule has 5 N–H and O–H groups in total. The largest absolute Gasteiger partial charge is 0.497 e. The van der Waals surface area contributed by atoms with Crippen molar-refractivity contribution in [2.45, 2.75) is 131 Å². The minimum atomic E-state index is -0.0597. The monoisotopic (exact) mass is 2020 g/mol. The number of rotatable bonds is 36. The minimum Gasteiger partial charge on any atom is -0.497 e. The van der Waals surface area contributed by atoms with E-state index in [2.05, 4.69) is 129 Å². The van der Waals surface area contributed by atoms with Crippen LogP contribution >= 0.6 is 36.7 Å². The summed E-state index contributed by atoms with van der Waals surface area (Å²) >= 11 is 13.4. The molecule has 33 nitrogen and oxygen atoms in total. The van der Waals surface area contributed by atoms with E-state index in [9.17, 15) is 5.11 Å². The van der Waals surface area contributed by atoms with E-state index < -0.39 is 0 Å². The summed E-state index contributed by atoms with van der Waals surface area (Å²) in [5.74, 6) is 4.77. The van der Waals surface area contributed by atoms with E-state index >= 15 is 0 Å². The van der Waals surface area contributed by atoms with Gasteiger partial charge in [0.05, 0.1) is 202 Å². The van der Waals surface area contributed by atoms with Crippen molar-refractivity contribution in [3.63, 3.8) is 0 Å². The Labute approximate surface area is 859 Å². The molecule has 0 saturated carbocycles. The molecule has 1 atom stereocenters. The zero-order valence-electron chi connectivity index (χ0n) is 83.1. The Morgan fingerprint density at radius 3 is 1.28 bits per heavy atom. The number of likely N-dealkylation sites (tertiary alicyclic amines) is 1. The number of methoxy groups -OCH3 is 6. The van der Waals surface area contributed by atoms with Gasteiger partial charge in [-0.15, -0.1) is 0 Å². The second kappa shape index (κ2) is 50.6. The summed E-state index contributed by atoms with van der Waals surface area (Å²) in [6.45, 7) is 20.0. The first-order chi connectivity index (χ1) is 68.3. The molecular weight excluding hydrogens is 1880 g/mol. The van der Waals surface area contributed by atoms with Crippen LogP contribution in [0.5, 0.6) is 40.2 Å². The van der Waals surface area contributed by atoms with Crippen molar-refractivity contribution in [3.8, 4) is 85.3 Å². The molecule has 0 radical (unpaired) electrons. The van der Waals surface area contributed by atoms with E-state index in [-0.39, 0.29) is 71.9 Å². The van der Waals surface area contributed by atoms with Gasteiger partial charge in [-0.3, -0.25) is 43.6 Å². The fourth-order valence-electron chi connectivity index (χ4n) is 18.2. The Morgan fingerprint density at radius 1 is 0.431 bits per heavy atom. The van der Waals surface area contributed by atoms with E-state index in [1.54, 1.807) is 117 Å². The van der Waals surface area contributed by atoms with Gasteiger partial charge in [0.2, 0.25) is 0 Å². The number of aliphatic hydroxyl groups excluding tert-OH is 3. The predicted octanol–water partition coefficient (Wildman–Crippen LogP) is 19.8. The molecule has 0 unspecified atom stereocenters. The Bertz CT molecular complexity index is 6890. The molecule has 0 spiro atoms. The first-order valence-corrected chi connectivity index (χ1v) is 48.1. The van der Waals surface area contributed by atoms with Gasteiger partial charge in [-0.2, -0.15) is 33.9 Å². The number of anilines is 8. The Kier molecular flexibility index (Phi) is 38.4. The number of fused-ring (bicyclic) bond motifs is 4. The van der Waals surface area contributed by atoms with Crippen molar-refractivity contribution in [1.82, 2.24) is 94.5 Å². The maximum atomic E-state index is 9.74. The van der Waals surface area contributed by atoms with Crippen LogP contribution in [0, 0.1) is 0 Å². The number of hydrogen-bond acceptors (Lipinski definition) is 29. The molecule has 2 saturated heterocycles. The normalized spacial score (nSPS) is 13.6. The third-order valence-corrected chi connectivity index (χ3v) is 25.3. The summed E-state index contributed by atoms with van der Waals surface area (Å²) in [6, 6.07) is 46.1. The van der Waals surface area contributed by atoms with Crippen LogP contribution in [0.3, 0.4) is 0 Å². The van der Waals surface area contributed by atoms with Crippen LogP contribution in [-0.2, 0) is 27.7 Å². The zero-order chi connectivity index (χ0) is 99.4. The second-order valence-electron chi connectivity index (χ2n) is 36.1. The quantitative estimate of drug-likeness (QED) is 0.0243. The maximum absolute atomic E-state index is 9.74. The summed E-state index contributed by atoms with van der Waals surface area (Å²) in [5, 5.41) is 53.9. The van der Waals surface area contributed by atoms with E-state index in [0.29, 0.717) is 52.2 Å². The molecule has 0 bridgehead atoms. The van der Waals surface area contributed by atoms with Gasteiger partial charge >= 0.3 is 0 Å². The Morgan fingerprint density at radius 2 is 0.847 bits per heavy atom. The highest BCUT2D eigenvalue weighted by molar-refractivity contribution is 7.59. The molecule has 8 aromatic heterocycles. The van der Waals surface area contributed by atoms with Gasteiger partial charge < -0.3 is 78.7 Å². The highest BCUT2D eigenvalue weighted by Crippen LogP contribution is 2.45.